The Morgan fingerprint density at radius 1 is 1.30 bits per heavy atom. The van der Waals surface area contributed by atoms with Crippen LogP contribution in [0.25, 0.3) is 6.08 Å². The molecule has 1 aromatic carbocycles. The Balaban J connectivity index is 1.71. The van der Waals surface area contributed by atoms with Crippen molar-refractivity contribution < 1.29 is 9.90 Å². The third-order valence-corrected chi connectivity index (χ3v) is 4.28. The molecule has 1 aliphatic heterocycles. The molecule has 1 aliphatic rings. The number of hydrogen-bond donors (Lipinski definition) is 1. The summed E-state index contributed by atoms with van der Waals surface area (Å²) in [6, 6.07) is 9.34. The zero-order valence-corrected chi connectivity index (χ0v) is 11.8. The molecule has 1 aromatic heterocycles. The van der Waals surface area contributed by atoms with Crippen LogP contribution in [0.1, 0.15) is 16.0 Å². The van der Waals surface area contributed by atoms with E-state index < -0.39 is 0 Å². The average molecular weight is 285 g/mol. The van der Waals surface area contributed by atoms with Gasteiger partial charge in [0.2, 0.25) is 5.91 Å². The van der Waals surface area contributed by atoms with Crippen LogP contribution in [0.5, 0.6) is 5.75 Å². The molecular weight excluding hydrogens is 270 g/mol. The molecular formula is C16H15NO2S. The summed E-state index contributed by atoms with van der Waals surface area (Å²) in [5.74, 6) is 0.277. The van der Waals surface area contributed by atoms with E-state index in [0.717, 1.165) is 23.4 Å². The summed E-state index contributed by atoms with van der Waals surface area (Å²) in [6.07, 6.45) is 4.32. The first-order valence-electron chi connectivity index (χ1n) is 6.53. The van der Waals surface area contributed by atoms with Gasteiger partial charge in [0.1, 0.15) is 5.75 Å². The van der Waals surface area contributed by atoms with E-state index in [1.807, 2.05) is 34.6 Å². The number of hydrogen-bond acceptors (Lipinski definition) is 3. The van der Waals surface area contributed by atoms with Gasteiger partial charge in [0.15, 0.2) is 0 Å². The number of fused-ring (bicyclic) bond motifs is 1. The molecule has 2 heterocycles. The molecule has 1 amide bonds. The summed E-state index contributed by atoms with van der Waals surface area (Å²) in [7, 11) is 0. The second kappa shape index (κ2) is 5.51. The predicted molar refractivity (Wildman–Crippen MR) is 80.6 cm³/mol. The first-order valence-corrected chi connectivity index (χ1v) is 7.41. The molecule has 0 aliphatic carbocycles. The van der Waals surface area contributed by atoms with E-state index in [4.69, 9.17) is 0 Å². The molecule has 0 atom stereocenters. The molecule has 102 valence electrons. The molecule has 0 unspecified atom stereocenters. The number of thiophene rings is 1. The fraction of sp³-hybridized carbons (Fsp3) is 0.188. The third kappa shape index (κ3) is 2.75. The van der Waals surface area contributed by atoms with Gasteiger partial charge in [-0.15, -0.1) is 11.3 Å². The molecule has 0 saturated carbocycles. The Bertz CT molecular complexity index is 647. The summed E-state index contributed by atoms with van der Waals surface area (Å²) in [4.78, 5) is 15.1. The number of carbonyl (C=O) groups is 1. The number of phenolic OH excluding ortho intramolecular Hbond substituents is 1. The third-order valence-electron chi connectivity index (χ3n) is 3.45. The quantitative estimate of drug-likeness (QED) is 0.862. The maximum Gasteiger partial charge on any atom is 0.246 e. The van der Waals surface area contributed by atoms with Crippen LogP contribution in [0.3, 0.4) is 0 Å². The van der Waals surface area contributed by atoms with Gasteiger partial charge in [-0.1, -0.05) is 12.1 Å². The Kier molecular flexibility index (Phi) is 3.56. The molecule has 1 N–H and O–H groups in total. The Hall–Kier alpha value is -2.07. The normalized spacial score (nSPS) is 14.5. The van der Waals surface area contributed by atoms with Gasteiger partial charge < -0.3 is 10.0 Å². The van der Waals surface area contributed by atoms with E-state index in [0.29, 0.717) is 6.54 Å². The fourth-order valence-electron chi connectivity index (χ4n) is 2.38. The van der Waals surface area contributed by atoms with Gasteiger partial charge >= 0.3 is 0 Å². The van der Waals surface area contributed by atoms with Gasteiger partial charge in [0, 0.05) is 24.0 Å². The van der Waals surface area contributed by atoms with Gasteiger partial charge in [-0.3, -0.25) is 4.79 Å². The van der Waals surface area contributed by atoms with Crippen molar-refractivity contribution in [2.45, 2.75) is 13.0 Å². The van der Waals surface area contributed by atoms with E-state index >= 15 is 0 Å². The number of aromatic hydroxyl groups is 1. The second-order valence-electron chi connectivity index (χ2n) is 4.81. The molecule has 2 aromatic rings. The Morgan fingerprint density at radius 3 is 3.00 bits per heavy atom. The smallest absolute Gasteiger partial charge is 0.246 e. The van der Waals surface area contributed by atoms with Crippen LogP contribution < -0.4 is 0 Å². The van der Waals surface area contributed by atoms with Gasteiger partial charge in [-0.2, -0.15) is 0 Å². The van der Waals surface area contributed by atoms with Crippen molar-refractivity contribution in [1.82, 2.24) is 4.90 Å². The van der Waals surface area contributed by atoms with Crippen LogP contribution in [0.15, 0.2) is 41.8 Å². The molecule has 0 bridgehead atoms. The molecule has 0 fully saturated rings. The van der Waals surface area contributed by atoms with Crippen LogP contribution >= 0.6 is 11.3 Å². The van der Waals surface area contributed by atoms with E-state index in [1.165, 1.54) is 5.56 Å². The average Bonchev–Trinajstić information content (AvgIpc) is 2.97. The van der Waals surface area contributed by atoms with E-state index in [9.17, 15) is 9.90 Å². The van der Waals surface area contributed by atoms with E-state index in [-0.39, 0.29) is 11.7 Å². The van der Waals surface area contributed by atoms with E-state index in [1.54, 1.807) is 29.5 Å². The molecule has 3 nitrogen and oxygen atoms in total. The maximum atomic E-state index is 12.2. The number of phenols is 1. The van der Waals surface area contributed by atoms with Crippen molar-refractivity contribution in [2.24, 2.45) is 0 Å². The minimum absolute atomic E-state index is 0.0207. The van der Waals surface area contributed by atoms with Crippen molar-refractivity contribution in [2.75, 3.05) is 6.54 Å². The lowest BCUT2D eigenvalue weighted by Gasteiger charge is -2.28. The van der Waals surface area contributed by atoms with Crippen molar-refractivity contribution in [3.8, 4) is 5.75 Å². The zero-order chi connectivity index (χ0) is 13.9. The minimum Gasteiger partial charge on any atom is -0.508 e. The summed E-state index contributed by atoms with van der Waals surface area (Å²) < 4.78 is 0. The number of benzene rings is 1. The molecule has 3 rings (SSSR count). The van der Waals surface area contributed by atoms with Crippen LogP contribution in [-0.4, -0.2) is 22.5 Å². The monoisotopic (exact) mass is 285 g/mol. The summed E-state index contributed by atoms with van der Waals surface area (Å²) in [5.41, 5.74) is 2.25. The highest BCUT2D eigenvalue weighted by atomic mass is 32.1. The van der Waals surface area contributed by atoms with Gasteiger partial charge in [0.25, 0.3) is 0 Å². The number of carbonyl (C=O) groups excluding carboxylic acids is 1. The van der Waals surface area contributed by atoms with Crippen molar-refractivity contribution in [3.63, 3.8) is 0 Å². The van der Waals surface area contributed by atoms with Crippen molar-refractivity contribution >= 4 is 23.3 Å². The molecule has 20 heavy (non-hydrogen) atoms. The fourth-order valence-corrected chi connectivity index (χ4v) is 2.99. The van der Waals surface area contributed by atoms with Crippen LogP contribution in [0.4, 0.5) is 0 Å². The lowest BCUT2D eigenvalue weighted by Crippen LogP contribution is -2.34. The van der Waals surface area contributed by atoms with Crippen LogP contribution in [0, 0.1) is 0 Å². The molecule has 0 spiro atoms. The van der Waals surface area contributed by atoms with Gasteiger partial charge in [-0.25, -0.2) is 0 Å². The van der Waals surface area contributed by atoms with E-state index in [2.05, 4.69) is 0 Å². The van der Waals surface area contributed by atoms with Crippen LogP contribution in [0.2, 0.25) is 0 Å². The lowest BCUT2D eigenvalue weighted by molar-refractivity contribution is -0.126. The SMILES string of the molecule is O=C(C=Cc1cccs1)N1CCc2ccc(O)cc2C1. The molecule has 0 saturated heterocycles. The highest BCUT2D eigenvalue weighted by Crippen LogP contribution is 2.23. The number of nitrogens with zero attached hydrogens (tertiary/aromatic N) is 1. The maximum absolute atomic E-state index is 12.2. The lowest BCUT2D eigenvalue weighted by atomic mass is 9.99. The summed E-state index contributed by atoms with van der Waals surface area (Å²) in [6.45, 7) is 1.29. The largest absolute Gasteiger partial charge is 0.508 e. The molecule has 0 radical (unpaired) electrons. The number of rotatable bonds is 2. The van der Waals surface area contributed by atoms with Crippen LogP contribution in [-0.2, 0) is 17.8 Å². The summed E-state index contributed by atoms with van der Waals surface area (Å²) in [5, 5.41) is 11.5. The van der Waals surface area contributed by atoms with Gasteiger partial charge in [-0.05, 0) is 47.2 Å². The predicted octanol–water partition coefficient (Wildman–Crippen LogP) is 3.05. The highest BCUT2D eigenvalue weighted by molar-refractivity contribution is 7.10. The summed E-state index contributed by atoms with van der Waals surface area (Å²) >= 11 is 1.61. The first kappa shape index (κ1) is 12.9. The topological polar surface area (TPSA) is 40.5 Å². The standard InChI is InChI=1S/C16H15NO2S/c18-14-4-3-12-7-8-17(11-13(12)10-14)16(19)6-5-15-2-1-9-20-15/h1-6,9-10,18H,7-8,11H2. The highest BCUT2D eigenvalue weighted by Gasteiger charge is 2.19. The Morgan fingerprint density at radius 2 is 2.20 bits per heavy atom. The minimum atomic E-state index is 0.0207. The zero-order valence-electron chi connectivity index (χ0n) is 11.0. The second-order valence-corrected chi connectivity index (χ2v) is 5.79. The van der Waals surface area contributed by atoms with Crippen molar-refractivity contribution in [3.05, 3.63) is 57.8 Å². The number of amides is 1. The van der Waals surface area contributed by atoms with Gasteiger partial charge in [0.05, 0.1) is 0 Å². The Labute approximate surface area is 121 Å². The molecule has 4 heteroatoms. The first-order chi connectivity index (χ1) is 9.72. The van der Waals surface area contributed by atoms with Crippen molar-refractivity contribution in [1.29, 1.82) is 0 Å².